The first-order valence-corrected chi connectivity index (χ1v) is 6.56. The summed E-state index contributed by atoms with van der Waals surface area (Å²) in [5.41, 5.74) is -0.604. The predicted molar refractivity (Wildman–Crippen MR) is 64.3 cm³/mol. The van der Waals surface area contributed by atoms with Crippen molar-refractivity contribution in [2.45, 2.75) is 57.5 Å². The normalized spacial score (nSPS) is 29.5. The Morgan fingerprint density at radius 3 is 2.65 bits per heavy atom. The minimum atomic E-state index is -0.604. The molecule has 1 saturated carbocycles. The Labute approximate surface area is 102 Å². The van der Waals surface area contributed by atoms with Gasteiger partial charge in [0, 0.05) is 6.42 Å². The molecule has 0 unspecified atom stereocenters. The van der Waals surface area contributed by atoms with Gasteiger partial charge in [-0.1, -0.05) is 19.8 Å². The molecule has 1 aromatic rings. The molecule has 1 aromatic heterocycles. The van der Waals surface area contributed by atoms with Crippen molar-refractivity contribution >= 4 is 0 Å². The van der Waals surface area contributed by atoms with Crippen LogP contribution < -0.4 is 0 Å². The lowest BCUT2D eigenvalue weighted by Crippen LogP contribution is -2.36. The van der Waals surface area contributed by atoms with E-state index in [1.165, 1.54) is 17.6 Å². The molecule has 0 amide bonds. The lowest BCUT2D eigenvalue weighted by molar-refractivity contribution is -0.0115. The molecule has 0 atom stereocenters. The third kappa shape index (κ3) is 3.25. The van der Waals surface area contributed by atoms with E-state index in [9.17, 15) is 5.11 Å². The van der Waals surface area contributed by atoms with Crippen LogP contribution in [0.5, 0.6) is 0 Å². The van der Waals surface area contributed by atoms with Gasteiger partial charge in [0.05, 0.1) is 12.6 Å². The molecule has 5 heteroatoms. The van der Waals surface area contributed by atoms with Gasteiger partial charge in [-0.25, -0.2) is 0 Å². The van der Waals surface area contributed by atoms with Crippen molar-refractivity contribution in [2.24, 2.45) is 13.0 Å². The Morgan fingerprint density at radius 1 is 1.41 bits per heavy atom. The second kappa shape index (κ2) is 5.12. The van der Waals surface area contributed by atoms with Gasteiger partial charge in [0.15, 0.2) is 5.82 Å². The largest absolute Gasteiger partial charge is 0.389 e. The lowest BCUT2D eigenvalue weighted by Gasteiger charge is -2.35. The van der Waals surface area contributed by atoms with E-state index in [1.54, 1.807) is 7.05 Å². The number of tetrazole rings is 1. The number of rotatable bonds is 4. The Balaban J connectivity index is 1.89. The number of hydrogen-bond donors (Lipinski definition) is 1. The highest BCUT2D eigenvalue weighted by molar-refractivity contribution is 4.94. The number of hydrogen-bond acceptors (Lipinski definition) is 4. The van der Waals surface area contributed by atoms with Gasteiger partial charge in [-0.05, 0) is 36.8 Å². The van der Waals surface area contributed by atoms with Gasteiger partial charge in [-0.2, -0.15) is 4.80 Å². The van der Waals surface area contributed by atoms with Gasteiger partial charge < -0.3 is 5.11 Å². The molecule has 1 aliphatic carbocycles. The molecule has 0 aromatic carbocycles. The van der Waals surface area contributed by atoms with E-state index in [-0.39, 0.29) is 0 Å². The van der Waals surface area contributed by atoms with Crippen LogP contribution >= 0.6 is 0 Å². The summed E-state index contributed by atoms with van der Waals surface area (Å²) in [6.07, 6.45) is 7.08. The zero-order valence-electron chi connectivity index (χ0n) is 10.8. The average Bonchev–Trinajstić information content (AvgIpc) is 2.68. The van der Waals surface area contributed by atoms with Gasteiger partial charge in [0.1, 0.15) is 0 Å². The molecule has 0 radical (unpaired) electrons. The van der Waals surface area contributed by atoms with E-state index >= 15 is 0 Å². The third-order valence-corrected chi connectivity index (χ3v) is 3.77. The van der Waals surface area contributed by atoms with Gasteiger partial charge in [0.2, 0.25) is 0 Å². The summed E-state index contributed by atoms with van der Waals surface area (Å²) in [5.74, 6) is 1.46. The zero-order valence-corrected chi connectivity index (χ0v) is 10.8. The minimum Gasteiger partial charge on any atom is -0.389 e. The smallest absolute Gasteiger partial charge is 0.177 e. The summed E-state index contributed by atoms with van der Waals surface area (Å²) in [6, 6.07) is 0. The van der Waals surface area contributed by atoms with Crippen molar-refractivity contribution in [3.05, 3.63) is 5.82 Å². The standard InChI is InChI=1S/C12H22N4O/c1-3-4-10-5-7-12(17,8-6-10)9-11-13-15-16(2)14-11/h10,17H,3-9H2,1-2H3. The molecule has 1 heterocycles. The fourth-order valence-corrected chi connectivity index (χ4v) is 2.78. The van der Waals surface area contributed by atoms with E-state index in [4.69, 9.17) is 0 Å². The Kier molecular flexibility index (Phi) is 3.76. The van der Waals surface area contributed by atoms with Crippen LogP contribution in [0.25, 0.3) is 0 Å². The van der Waals surface area contributed by atoms with Crippen molar-refractivity contribution in [3.63, 3.8) is 0 Å². The zero-order chi connectivity index (χ0) is 12.3. The highest BCUT2D eigenvalue weighted by Gasteiger charge is 2.34. The summed E-state index contributed by atoms with van der Waals surface area (Å²) < 4.78 is 0. The third-order valence-electron chi connectivity index (χ3n) is 3.77. The Morgan fingerprint density at radius 2 is 2.12 bits per heavy atom. The number of aromatic nitrogens is 4. The molecule has 1 fully saturated rings. The molecular weight excluding hydrogens is 216 g/mol. The van der Waals surface area contributed by atoms with E-state index in [0.29, 0.717) is 12.2 Å². The fraction of sp³-hybridized carbons (Fsp3) is 0.917. The van der Waals surface area contributed by atoms with Crippen molar-refractivity contribution < 1.29 is 5.11 Å². The number of aliphatic hydroxyl groups is 1. The van der Waals surface area contributed by atoms with E-state index in [1.807, 2.05) is 0 Å². The maximum atomic E-state index is 10.5. The number of aryl methyl sites for hydroxylation is 1. The summed E-state index contributed by atoms with van der Waals surface area (Å²) in [4.78, 5) is 1.45. The summed E-state index contributed by atoms with van der Waals surface area (Å²) in [6.45, 7) is 2.23. The van der Waals surface area contributed by atoms with Crippen LogP contribution in [0, 0.1) is 5.92 Å². The number of nitrogens with zero attached hydrogens (tertiary/aromatic N) is 4. The molecule has 1 aliphatic rings. The Bertz CT molecular complexity index is 355. The van der Waals surface area contributed by atoms with Crippen LogP contribution in [0.15, 0.2) is 0 Å². The minimum absolute atomic E-state index is 0.541. The van der Waals surface area contributed by atoms with Gasteiger partial charge in [-0.3, -0.25) is 0 Å². The van der Waals surface area contributed by atoms with Crippen molar-refractivity contribution in [1.29, 1.82) is 0 Å². The van der Waals surface area contributed by atoms with Gasteiger partial charge >= 0.3 is 0 Å². The fourth-order valence-electron chi connectivity index (χ4n) is 2.78. The molecule has 96 valence electrons. The van der Waals surface area contributed by atoms with E-state index in [2.05, 4.69) is 22.3 Å². The van der Waals surface area contributed by atoms with Crippen LogP contribution in [-0.4, -0.2) is 30.9 Å². The van der Waals surface area contributed by atoms with Crippen LogP contribution in [0.1, 0.15) is 51.3 Å². The molecule has 17 heavy (non-hydrogen) atoms. The lowest BCUT2D eigenvalue weighted by atomic mass is 9.76. The van der Waals surface area contributed by atoms with Crippen LogP contribution in [0.2, 0.25) is 0 Å². The van der Waals surface area contributed by atoms with E-state index < -0.39 is 5.60 Å². The van der Waals surface area contributed by atoms with Crippen molar-refractivity contribution in [1.82, 2.24) is 20.2 Å². The quantitative estimate of drug-likeness (QED) is 0.863. The molecule has 0 aliphatic heterocycles. The van der Waals surface area contributed by atoms with Crippen LogP contribution in [-0.2, 0) is 13.5 Å². The van der Waals surface area contributed by atoms with Crippen molar-refractivity contribution in [2.75, 3.05) is 0 Å². The second-order valence-electron chi connectivity index (χ2n) is 5.33. The molecule has 0 saturated heterocycles. The highest BCUT2D eigenvalue weighted by Crippen LogP contribution is 2.35. The first kappa shape index (κ1) is 12.5. The van der Waals surface area contributed by atoms with E-state index in [0.717, 1.165) is 31.6 Å². The first-order chi connectivity index (χ1) is 8.11. The van der Waals surface area contributed by atoms with Crippen LogP contribution in [0.3, 0.4) is 0 Å². The molecule has 0 bridgehead atoms. The molecule has 0 spiro atoms. The van der Waals surface area contributed by atoms with Gasteiger partial charge in [-0.15, -0.1) is 10.2 Å². The Hall–Kier alpha value is -0.970. The highest BCUT2D eigenvalue weighted by atomic mass is 16.3. The predicted octanol–water partition coefficient (Wildman–Crippen LogP) is 1.47. The summed E-state index contributed by atoms with van der Waals surface area (Å²) in [5, 5.41) is 22.4. The van der Waals surface area contributed by atoms with Gasteiger partial charge in [0.25, 0.3) is 0 Å². The van der Waals surface area contributed by atoms with Crippen LogP contribution in [0.4, 0.5) is 0 Å². The van der Waals surface area contributed by atoms with Crippen molar-refractivity contribution in [3.8, 4) is 0 Å². The molecule has 2 rings (SSSR count). The maximum Gasteiger partial charge on any atom is 0.177 e. The summed E-state index contributed by atoms with van der Waals surface area (Å²) in [7, 11) is 1.75. The topological polar surface area (TPSA) is 63.8 Å². The summed E-state index contributed by atoms with van der Waals surface area (Å²) >= 11 is 0. The second-order valence-corrected chi connectivity index (χ2v) is 5.33. The SMILES string of the molecule is CCCC1CCC(O)(Cc2nnn(C)n2)CC1. The average molecular weight is 238 g/mol. The molecular formula is C12H22N4O. The monoisotopic (exact) mass is 238 g/mol. The first-order valence-electron chi connectivity index (χ1n) is 6.56. The maximum absolute atomic E-state index is 10.5. The molecule has 1 N–H and O–H groups in total. The molecule has 5 nitrogen and oxygen atoms in total.